The summed E-state index contributed by atoms with van der Waals surface area (Å²) in [6.07, 6.45) is 0. The molecule has 2 aliphatic carbocycles. The van der Waals surface area contributed by atoms with E-state index in [1.54, 1.807) is 0 Å². The van der Waals surface area contributed by atoms with Crippen LogP contribution in [0.3, 0.4) is 0 Å². The molecule has 0 atom stereocenters. The van der Waals surface area contributed by atoms with Gasteiger partial charge in [-0.2, -0.15) is 0 Å². The molecule has 0 bridgehead atoms. The molecule has 65 heavy (non-hydrogen) atoms. The lowest BCUT2D eigenvalue weighted by molar-refractivity contribution is 0.722. The van der Waals surface area contributed by atoms with Gasteiger partial charge in [0, 0.05) is 36.6 Å². The molecule has 0 aromatic heterocycles. The standard InChI is InChI=1S/C62H39NS2/c1-2-16-40(17-3-1)41-30-32-42(33-31-41)63(43-35-37-51-48(38-43)46-19-5-7-21-50(46)61(51)52-22-8-12-26-57(52)64-58-27-13-9-23-53(58)61)44-34-36-47-45-18-4-6-20-49(45)62(56(47)39-44)54-24-10-14-28-59(54)65-60-29-15-11-25-55(60)62/h1-39H. The van der Waals surface area contributed by atoms with Crippen LogP contribution >= 0.6 is 23.5 Å². The van der Waals surface area contributed by atoms with Crippen molar-refractivity contribution >= 4 is 40.6 Å². The maximum atomic E-state index is 2.51. The molecule has 0 saturated carbocycles. The molecule has 0 unspecified atom stereocenters. The van der Waals surface area contributed by atoms with Crippen LogP contribution in [-0.2, 0) is 10.8 Å². The minimum Gasteiger partial charge on any atom is -0.310 e. The highest BCUT2D eigenvalue weighted by Gasteiger charge is 2.52. The first kappa shape index (κ1) is 37.1. The minimum atomic E-state index is -0.480. The lowest BCUT2D eigenvalue weighted by atomic mass is 9.67. The van der Waals surface area contributed by atoms with Crippen LogP contribution < -0.4 is 4.90 Å². The van der Waals surface area contributed by atoms with Gasteiger partial charge in [0.1, 0.15) is 0 Å². The van der Waals surface area contributed by atoms with Crippen LogP contribution in [0.5, 0.6) is 0 Å². The molecule has 10 aromatic rings. The fraction of sp³-hybridized carbons (Fsp3) is 0.0323. The first-order valence-corrected chi connectivity index (χ1v) is 24.0. The molecule has 0 amide bonds. The second-order valence-corrected chi connectivity index (χ2v) is 19.7. The SMILES string of the molecule is c1ccc(-c2ccc(N(c3ccc4c(c3)-c3ccccc3C43c4ccccc4Sc4ccccc43)c3ccc4c(c3)C3(c5ccccc5Sc5ccccc53)c3ccccc3-4)cc2)cc1. The fourth-order valence-corrected chi connectivity index (χ4v) is 14.2. The molecule has 2 heterocycles. The smallest absolute Gasteiger partial charge is 0.0736 e. The summed E-state index contributed by atoms with van der Waals surface area (Å²) in [7, 11) is 0. The molecule has 4 aliphatic rings. The van der Waals surface area contributed by atoms with Gasteiger partial charge in [0.2, 0.25) is 0 Å². The topological polar surface area (TPSA) is 3.24 Å². The summed E-state index contributed by atoms with van der Waals surface area (Å²) in [4.78, 5) is 7.74. The van der Waals surface area contributed by atoms with E-state index in [0.29, 0.717) is 0 Å². The van der Waals surface area contributed by atoms with E-state index in [-0.39, 0.29) is 0 Å². The monoisotopic (exact) mass is 861 g/mol. The Hall–Kier alpha value is -7.30. The van der Waals surface area contributed by atoms with E-state index in [1.807, 2.05) is 23.5 Å². The number of anilines is 3. The number of benzene rings is 10. The summed E-state index contributed by atoms with van der Waals surface area (Å²) in [6.45, 7) is 0. The highest BCUT2D eigenvalue weighted by molar-refractivity contribution is 7.99. The zero-order valence-electron chi connectivity index (χ0n) is 35.3. The average Bonchev–Trinajstić information content (AvgIpc) is 3.82. The van der Waals surface area contributed by atoms with E-state index in [1.165, 1.54) is 97.5 Å². The summed E-state index contributed by atoms with van der Waals surface area (Å²) in [5.41, 5.74) is 20.7. The van der Waals surface area contributed by atoms with Crippen molar-refractivity contribution in [1.82, 2.24) is 0 Å². The van der Waals surface area contributed by atoms with Crippen molar-refractivity contribution in [1.29, 1.82) is 0 Å². The van der Waals surface area contributed by atoms with Gasteiger partial charge in [0.15, 0.2) is 0 Å². The number of nitrogens with zero attached hydrogens (tertiary/aromatic N) is 1. The van der Waals surface area contributed by atoms with Crippen LogP contribution in [0.25, 0.3) is 33.4 Å². The molecule has 2 aliphatic heterocycles. The van der Waals surface area contributed by atoms with E-state index in [2.05, 4.69) is 241 Å². The van der Waals surface area contributed by atoms with Crippen LogP contribution in [0, 0.1) is 0 Å². The maximum absolute atomic E-state index is 2.51. The van der Waals surface area contributed by atoms with E-state index < -0.39 is 10.8 Å². The number of fused-ring (bicyclic) bond motifs is 18. The van der Waals surface area contributed by atoms with Crippen LogP contribution in [0.4, 0.5) is 17.1 Å². The van der Waals surface area contributed by atoms with Crippen LogP contribution in [-0.4, -0.2) is 0 Å². The molecule has 2 spiro atoms. The summed E-state index contributed by atoms with van der Waals surface area (Å²) < 4.78 is 0. The van der Waals surface area contributed by atoms with Gasteiger partial charge in [-0.15, -0.1) is 0 Å². The Bertz CT molecular complexity index is 3480. The van der Waals surface area contributed by atoms with E-state index in [4.69, 9.17) is 0 Å². The predicted octanol–water partition coefficient (Wildman–Crippen LogP) is 16.5. The van der Waals surface area contributed by atoms with Crippen molar-refractivity contribution in [2.45, 2.75) is 30.4 Å². The Morgan fingerprint density at radius 2 is 0.615 bits per heavy atom. The predicted molar refractivity (Wildman–Crippen MR) is 269 cm³/mol. The second kappa shape index (κ2) is 14.1. The van der Waals surface area contributed by atoms with Gasteiger partial charge in [-0.25, -0.2) is 0 Å². The molecule has 304 valence electrons. The van der Waals surface area contributed by atoms with Crippen LogP contribution in [0.2, 0.25) is 0 Å². The van der Waals surface area contributed by atoms with Crippen molar-refractivity contribution in [2.24, 2.45) is 0 Å². The van der Waals surface area contributed by atoms with E-state index >= 15 is 0 Å². The largest absolute Gasteiger partial charge is 0.310 e. The number of hydrogen-bond acceptors (Lipinski definition) is 3. The van der Waals surface area contributed by atoms with Crippen molar-refractivity contribution < 1.29 is 0 Å². The van der Waals surface area contributed by atoms with Crippen LogP contribution in [0.15, 0.2) is 256 Å². The van der Waals surface area contributed by atoms with Gasteiger partial charge >= 0.3 is 0 Å². The molecule has 0 saturated heterocycles. The highest BCUT2D eigenvalue weighted by Crippen LogP contribution is 2.65. The molecular formula is C62H39NS2. The maximum Gasteiger partial charge on any atom is 0.0736 e. The third-order valence-electron chi connectivity index (χ3n) is 14.4. The highest BCUT2D eigenvalue weighted by atomic mass is 32.2. The van der Waals surface area contributed by atoms with Crippen molar-refractivity contribution in [3.05, 3.63) is 281 Å². The number of rotatable bonds is 4. The fourth-order valence-electron chi connectivity index (χ4n) is 11.8. The third kappa shape index (κ3) is 5.08. The Morgan fingerprint density at radius 3 is 1.17 bits per heavy atom. The Morgan fingerprint density at radius 1 is 0.246 bits per heavy atom. The second-order valence-electron chi connectivity index (χ2n) is 17.5. The molecule has 0 fully saturated rings. The van der Waals surface area contributed by atoms with Crippen molar-refractivity contribution in [2.75, 3.05) is 4.90 Å². The zero-order valence-corrected chi connectivity index (χ0v) is 36.9. The lowest BCUT2D eigenvalue weighted by Gasteiger charge is -2.40. The number of hydrogen-bond donors (Lipinski definition) is 0. The molecule has 10 aromatic carbocycles. The van der Waals surface area contributed by atoms with Gasteiger partial charge < -0.3 is 4.90 Å². The zero-order chi connectivity index (χ0) is 42.7. The van der Waals surface area contributed by atoms with Gasteiger partial charge in [0.25, 0.3) is 0 Å². The van der Waals surface area contributed by atoms with E-state index in [0.717, 1.165) is 17.1 Å². The first-order chi connectivity index (χ1) is 32.2. The van der Waals surface area contributed by atoms with Crippen LogP contribution in [0.1, 0.15) is 44.5 Å². The Labute approximate surface area is 388 Å². The summed E-state index contributed by atoms with van der Waals surface area (Å²) in [6, 6.07) is 88.9. The summed E-state index contributed by atoms with van der Waals surface area (Å²) >= 11 is 3.78. The van der Waals surface area contributed by atoms with Gasteiger partial charge in [-0.3, -0.25) is 0 Å². The van der Waals surface area contributed by atoms with Gasteiger partial charge in [-0.05, 0) is 139 Å². The Kier molecular flexibility index (Phi) is 8.05. The normalized spacial score (nSPS) is 14.6. The van der Waals surface area contributed by atoms with Gasteiger partial charge in [-0.1, -0.05) is 199 Å². The quantitative estimate of drug-likeness (QED) is 0.174. The minimum absolute atomic E-state index is 0.434. The molecule has 0 N–H and O–H groups in total. The summed E-state index contributed by atoms with van der Waals surface area (Å²) in [5, 5.41) is 0. The van der Waals surface area contributed by atoms with Crippen molar-refractivity contribution in [3.8, 4) is 33.4 Å². The molecule has 1 nitrogen and oxygen atoms in total. The van der Waals surface area contributed by atoms with Crippen molar-refractivity contribution in [3.63, 3.8) is 0 Å². The molecular weight excluding hydrogens is 823 g/mol. The molecule has 3 heteroatoms. The third-order valence-corrected chi connectivity index (χ3v) is 16.7. The van der Waals surface area contributed by atoms with E-state index in [9.17, 15) is 0 Å². The lowest BCUT2D eigenvalue weighted by Crippen LogP contribution is -2.32. The first-order valence-electron chi connectivity index (χ1n) is 22.4. The summed E-state index contributed by atoms with van der Waals surface area (Å²) in [5.74, 6) is 0. The Balaban J connectivity index is 1.02. The average molecular weight is 862 g/mol. The van der Waals surface area contributed by atoms with Gasteiger partial charge in [0.05, 0.1) is 10.8 Å². The molecule has 0 radical (unpaired) electrons. The molecule has 14 rings (SSSR count).